The Morgan fingerprint density at radius 1 is 1.48 bits per heavy atom. The normalized spacial score (nSPS) is 20.2. The highest BCUT2D eigenvalue weighted by atomic mass is 16.3. The Balaban J connectivity index is 1.96. The number of aromatic nitrogens is 2. The summed E-state index contributed by atoms with van der Waals surface area (Å²) in [6.45, 7) is 7.62. The first-order valence-corrected chi connectivity index (χ1v) is 7.79. The minimum Gasteiger partial charge on any atom is -0.393 e. The van der Waals surface area contributed by atoms with Gasteiger partial charge < -0.3 is 10.4 Å². The number of anilines is 1. The molecule has 2 atom stereocenters. The quantitative estimate of drug-likeness (QED) is 0.866. The standard InChI is InChI=1S/C15H26N4O2/c1-4-11(2)19-14(5-8-16-19)17-15(21)12(3)18-9-6-13(20)7-10-18/h5,8,11-13,20H,4,6-7,9-10H2,1-3H3,(H,17,21). The molecule has 118 valence electrons. The van der Waals surface area contributed by atoms with Gasteiger partial charge in [-0.3, -0.25) is 9.69 Å². The van der Waals surface area contributed by atoms with Gasteiger partial charge in [-0.15, -0.1) is 0 Å². The predicted octanol–water partition coefficient (Wildman–Crippen LogP) is 1.64. The summed E-state index contributed by atoms with van der Waals surface area (Å²) >= 11 is 0. The van der Waals surface area contributed by atoms with Crippen molar-refractivity contribution in [1.29, 1.82) is 0 Å². The fraction of sp³-hybridized carbons (Fsp3) is 0.733. The predicted molar refractivity (Wildman–Crippen MR) is 82.1 cm³/mol. The maximum Gasteiger partial charge on any atom is 0.242 e. The van der Waals surface area contributed by atoms with Crippen molar-refractivity contribution in [2.45, 2.75) is 58.2 Å². The summed E-state index contributed by atoms with van der Waals surface area (Å²) in [5.74, 6) is 0.731. The highest BCUT2D eigenvalue weighted by Gasteiger charge is 2.26. The van der Waals surface area contributed by atoms with Crippen LogP contribution in [0, 0.1) is 0 Å². The van der Waals surface area contributed by atoms with Crippen LogP contribution in [0.5, 0.6) is 0 Å². The summed E-state index contributed by atoms with van der Waals surface area (Å²) in [4.78, 5) is 14.5. The Labute approximate surface area is 126 Å². The molecule has 1 amide bonds. The molecule has 2 N–H and O–H groups in total. The van der Waals surface area contributed by atoms with Crippen LogP contribution in [0.3, 0.4) is 0 Å². The van der Waals surface area contributed by atoms with Crippen molar-refractivity contribution in [2.24, 2.45) is 0 Å². The van der Waals surface area contributed by atoms with Crippen LogP contribution in [0.25, 0.3) is 0 Å². The van der Waals surface area contributed by atoms with Gasteiger partial charge in [-0.25, -0.2) is 4.68 Å². The average molecular weight is 294 g/mol. The molecule has 2 unspecified atom stereocenters. The number of piperidine rings is 1. The number of hydrogen-bond acceptors (Lipinski definition) is 4. The lowest BCUT2D eigenvalue weighted by molar-refractivity contribution is -0.121. The monoisotopic (exact) mass is 294 g/mol. The Morgan fingerprint density at radius 3 is 2.76 bits per heavy atom. The number of nitrogens with one attached hydrogen (secondary N) is 1. The number of carbonyl (C=O) groups excluding carboxylic acids is 1. The first-order valence-electron chi connectivity index (χ1n) is 7.79. The molecule has 1 aliphatic heterocycles. The van der Waals surface area contributed by atoms with Crippen LogP contribution >= 0.6 is 0 Å². The van der Waals surface area contributed by atoms with E-state index < -0.39 is 0 Å². The van der Waals surface area contributed by atoms with Crippen LogP contribution in [0.4, 0.5) is 5.82 Å². The SMILES string of the molecule is CCC(C)n1nccc1NC(=O)C(C)N1CCC(O)CC1. The molecule has 2 rings (SSSR count). The molecule has 1 fully saturated rings. The van der Waals surface area contributed by atoms with Gasteiger partial charge in [0.15, 0.2) is 0 Å². The first kappa shape index (κ1) is 16.0. The van der Waals surface area contributed by atoms with E-state index in [2.05, 4.69) is 29.2 Å². The zero-order valence-corrected chi connectivity index (χ0v) is 13.1. The molecular formula is C15H26N4O2. The summed E-state index contributed by atoms with van der Waals surface area (Å²) in [6.07, 6.45) is 3.93. The fourth-order valence-corrected chi connectivity index (χ4v) is 2.61. The summed E-state index contributed by atoms with van der Waals surface area (Å²) in [5.41, 5.74) is 0. The third kappa shape index (κ3) is 3.83. The molecule has 0 aromatic carbocycles. The average Bonchev–Trinajstić information content (AvgIpc) is 2.94. The molecule has 1 aliphatic rings. The molecule has 1 saturated heterocycles. The van der Waals surface area contributed by atoms with Crippen molar-refractivity contribution in [3.63, 3.8) is 0 Å². The lowest BCUT2D eigenvalue weighted by Crippen LogP contribution is -2.47. The maximum absolute atomic E-state index is 12.4. The van der Waals surface area contributed by atoms with Gasteiger partial charge in [0.1, 0.15) is 5.82 Å². The number of amides is 1. The number of aliphatic hydroxyl groups excluding tert-OH is 1. The molecular weight excluding hydrogens is 268 g/mol. The molecule has 2 heterocycles. The summed E-state index contributed by atoms with van der Waals surface area (Å²) in [7, 11) is 0. The number of aliphatic hydroxyl groups is 1. The topological polar surface area (TPSA) is 70.4 Å². The smallest absolute Gasteiger partial charge is 0.242 e. The van der Waals surface area contributed by atoms with E-state index in [1.54, 1.807) is 6.20 Å². The molecule has 1 aromatic heterocycles. The van der Waals surface area contributed by atoms with Crippen molar-refractivity contribution in [3.8, 4) is 0 Å². The first-order chi connectivity index (χ1) is 10.0. The Hall–Kier alpha value is -1.40. The molecule has 0 aliphatic carbocycles. The minimum absolute atomic E-state index is 0.0172. The van der Waals surface area contributed by atoms with E-state index in [0.29, 0.717) is 0 Å². The number of rotatable bonds is 5. The van der Waals surface area contributed by atoms with Crippen LogP contribution < -0.4 is 5.32 Å². The van der Waals surface area contributed by atoms with E-state index >= 15 is 0 Å². The van der Waals surface area contributed by atoms with Gasteiger partial charge in [0, 0.05) is 19.2 Å². The molecule has 1 aromatic rings. The lowest BCUT2D eigenvalue weighted by atomic mass is 10.1. The van der Waals surface area contributed by atoms with Gasteiger partial charge in [-0.2, -0.15) is 5.10 Å². The third-order valence-electron chi connectivity index (χ3n) is 4.36. The summed E-state index contributed by atoms with van der Waals surface area (Å²) in [5, 5.41) is 16.8. The number of carbonyl (C=O) groups is 1. The van der Waals surface area contributed by atoms with Crippen molar-refractivity contribution >= 4 is 11.7 Å². The number of hydrogen-bond donors (Lipinski definition) is 2. The van der Waals surface area contributed by atoms with Gasteiger partial charge in [-0.05, 0) is 33.1 Å². The number of nitrogens with zero attached hydrogens (tertiary/aromatic N) is 3. The van der Waals surface area contributed by atoms with Crippen molar-refractivity contribution < 1.29 is 9.90 Å². The van der Waals surface area contributed by atoms with Crippen molar-refractivity contribution in [2.75, 3.05) is 18.4 Å². The minimum atomic E-state index is -0.219. The summed E-state index contributed by atoms with van der Waals surface area (Å²) in [6, 6.07) is 1.89. The van der Waals surface area contributed by atoms with Gasteiger partial charge >= 0.3 is 0 Å². The Morgan fingerprint density at radius 2 is 2.14 bits per heavy atom. The molecule has 0 spiro atoms. The fourth-order valence-electron chi connectivity index (χ4n) is 2.61. The van der Waals surface area contributed by atoms with Gasteiger partial charge in [0.2, 0.25) is 5.91 Å². The van der Waals surface area contributed by atoms with Gasteiger partial charge in [-0.1, -0.05) is 6.92 Å². The Bertz CT molecular complexity index is 466. The molecule has 6 nitrogen and oxygen atoms in total. The van der Waals surface area contributed by atoms with Crippen LogP contribution in [0.15, 0.2) is 12.3 Å². The molecule has 0 saturated carbocycles. The van der Waals surface area contributed by atoms with E-state index in [1.807, 2.05) is 17.7 Å². The molecule has 21 heavy (non-hydrogen) atoms. The zero-order chi connectivity index (χ0) is 15.4. The number of likely N-dealkylation sites (tertiary alicyclic amines) is 1. The lowest BCUT2D eigenvalue weighted by Gasteiger charge is -2.33. The van der Waals surface area contributed by atoms with Gasteiger partial charge in [0.25, 0.3) is 0 Å². The summed E-state index contributed by atoms with van der Waals surface area (Å²) < 4.78 is 1.85. The van der Waals surface area contributed by atoms with Crippen molar-refractivity contribution in [3.05, 3.63) is 12.3 Å². The van der Waals surface area contributed by atoms with Gasteiger partial charge in [0.05, 0.1) is 24.4 Å². The highest BCUT2D eigenvalue weighted by molar-refractivity contribution is 5.93. The van der Waals surface area contributed by atoms with E-state index in [1.165, 1.54) is 0 Å². The third-order valence-corrected chi connectivity index (χ3v) is 4.36. The van der Waals surface area contributed by atoms with E-state index in [0.717, 1.165) is 38.2 Å². The Kier molecular flexibility index (Phi) is 5.36. The van der Waals surface area contributed by atoms with Crippen LogP contribution in [-0.4, -0.2) is 50.9 Å². The molecule has 6 heteroatoms. The second kappa shape index (κ2) is 7.04. The largest absolute Gasteiger partial charge is 0.393 e. The molecule has 0 radical (unpaired) electrons. The van der Waals surface area contributed by atoms with Crippen LogP contribution in [0.1, 0.15) is 46.1 Å². The maximum atomic E-state index is 12.4. The molecule has 0 bridgehead atoms. The van der Waals surface area contributed by atoms with Crippen molar-refractivity contribution in [1.82, 2.24) is 14.7 Å². The highest BCUT2D eigenvalue weighted by Crippen LogP contribution is 2.18. The van der Waals surface area contributed by atoms with E-state index in [-0.39, 0.29) is 24.1 Å². The van der Waals surface area contributed by atoms with E-state index in [4.69, 9.17) is 0 Å². The van der Waals surface area contributed by atoms with Crippen LogP contribution in [-0.2, 0) is 4.79 Å². The zero-order valence-electron chi connectivity index (χ0n) is 13.1. The second-order valence-electron chi connectivity index (χ2n) is 5.85. The van der Waals surface area contributed by atoms with E-state index in [9.17, 15) is 9.90 Å². The second-order valence-corrected chi connectivity index (χ2v) is 5.85. The van der Waals surface area contributed by atoms with Crippen LogP contribution in [0.2, 0.25) is 0 Å².